The van der Waals surface area contributed by atoms with Crippen molar-refractivity contribution in [3.05, 3.63) is 39.9 Å². The molecule has 0 radical (unpaired) electrons. The van der Waals surface area contributed by atoms with Gasteiger partial charge in [0.2, 0.25) is 5.91 Å². The minimum Gasteiger partial charge on any atom is -0.461 e. The van der Waals surface area contributed by atoms with Gasteiger partial charge in [-0.25, -0.2) is 9.80 Å². The fourth-order valence-corrected chi connectivity index (χ4v) is 5.43. The van der Waals surface area contributed by atoms with Crippen LogP contribution in [0.2, 0.25) is 0 Å². The number of rotatable bonds is 10. The summed E-state index contributed by atoms with van der Waals surface area (Å²) in [6.45, 7) is 6.79. The molecule has 2 aliphatic heterocycles. The van der Waals surface area contributed by atoms with Crippen LogP contribution >= 0.6 is 11.8 Å². The van der Waals surface area contributed by atoms with E-state index in [9.17, 15) is 29.6 Å². The summed E-state index contributed by atoms with van der Waals surface area (Å²) in [5, 5.41) is 25.6. The molecular weight excluding hydrogens is 518 g/mol. The van der Waals surface area contributed by atoms with Gasteiger partial charge < -0.3 is 24.8 Å². The Hall–Kier alpha value is -2.94. The Labute approximate surface area is 225 Å². The van der Waals surface area contributed by atoms with Gasteiger partial charge in [0, 0.05) is 50.5 Å². The van der Waals surface area contributed by atoms with Crippen molar-refractivity contribution in [3.63, 3.8) is 0 Å². The van der Waals surface area contributed by atoms with Gasteiger partial charge in [0.25, 0.3) is 5.69 Å². The van der Waals surface area contributed by atoms with Gasteiger partial charge in [0.15, 0.2) is 0 Å². The lowest BCUT2D eigenvalue weighted by Gasteiger charge is -2.39. The molecule has 0 saturated carbocycles. The maximum Gasteiger partial charge on any atom is 0.410 e. The van der Waals surface area contributed by atoms with Crippen LogP contribution in [-0.4, -0.2) is 99.4 Å². The average molecular weight is 554 g/mol. The van der Waals surface area contributed by atoms with Crippen LogP contribution in [0.25, 0.3) is 0 Å². The number of hydrazine groups is 1. The van der Waals surface area contributed by atoms with E-state index in [0.29, 0.717) is 37.4 Å². The lowest BCUT2D eigenvalue weighted by atomic mass is 10.1. The number of aliphatic hydroxyl groups is 1. The van der Waals surface area contributed by atoms with Crippen LogP contribution in [0, 0.1) is 10.1 Å². The Morgan fingerprint density at radius 1 is 1.29 bits per heavy atom. The van der Waals surface area contributed by atoms with Crippen molar-refractivity contribution in [1.82, 2.24) is 20.7 Å². The number of β-amino-alcohol motifs (C(OH)–C–C–N with tert-alkyl or cyclic N) is 1. The summed E-state index contributed by atoms with van der Waals surface area (Å²) in [5.41, 5.74) is 3.49. The maximum atomic E-state index is 12.9. The zero-order valence-electron chi connectivity index (χ0n) is 21.7. The zero-order chi connectivity index (χ0) is 27.8. The van der Waals surface area contributed by atoms with Crippen molar-refractivity contribution in [2.75, 3.05) is 31.9 Å². The molecule has 2 heterocycles. The molecule has 13 nitrogen and oxygen atoms in total. The van der Waals surface area contributed by atoms with Gasteiger partial charge in [-0.15, -0.1) is 11.8 Å². The molecule has 3 N–H and O–H groups in total. The largest absolute Gasteiger partial charge is 0.461 e. The number of ether oxygens (including phenoxy) is 2. The number of nitrogens with one attached hydrogen (secondary N) is 2. The molecule has 1 aromatic carbocycles. The number of carbonyl (C=O) groups excluding carboxylic acids is 3. The zero-order valence-corrected chi connectivity index (χ0v) is 22.5. The second kappa shape index (κ2) is 13.7. The third kappa shape index (κ3) is 8.28. The van der Waals surface area contributed by atoms with E-state index in [4.69, 9.17) is 9.47 Å². The molecule has 2 fully saturated rings. The van der Waals surface area contributed by atoms with Crippen molar-refractivity contribution in [2.45, 2.75) is 63.3 Å². The number of piperazine rings is 1. The van der Waals surface area contributed by atoms with Crippen LogP contribution in [-0.2, 0) is 25.7 Å². The summed E-state index contributed by atoms with van der Waals surface area (Å²) in [6, 6.07) is 5.20. The van der Waals surface area contributed by atoms with Crippen molar-refractivity contribution in [2.24, 2.45) is 0 Å². The second-order valence-electron chi connectivity index (χ2n) is 9.40. The van der Waals surface area contributed by atoms with Gasteiger partial charge in [-0.05, 0) is 38.0 Å². The van der Waals surface area contributed by atoms with Crippen LogP contribution in [0.15, 0.2) is 24.3 Å². The maximum absolute atomic E-state index is 12.9. The fourth-order valence-electron chi connectivity index (χ4n) is 4.40. The van der Waals surface area contributed by atoms with E-state index in [1.54, 1.807) is 18.9 Å². The van der Waals surface area contributed by atoms with Crippen LogP contribution in [0.1, 0.15) is 32.8 Å². The Morgan fingerprint density at radius 3 is 2.66 bits per heavy atom. The van der Waals surface area contributed by atoms with Crippen LogP contribution in [0.5, 0.6) is 0 Å². The van der Waals surface area contributed by atoms with Gasteiger partial charge in [0.1, 0.15) is 12.7 Å². The number of nitro groups is 1. The smallest absolute Gasteiger partial charge is 0.410 e. The molecule has 14 heteroatoms. The normalized spacial score (nSPS) is 23.4. The highest BCUT2D eigenvalue weighted by atomic mass is 32.2. The summed E-state index contributed by atoms with van der Waals surface area (Å²) in [7, 11) is 0. The summed E-state index contributed by atoms with van der Waals surface area (Å²) in [5.74, 6) is -0.164. The van der Waals surface area contributed by atoms with E-state index in [1.165, 1.54) is 47.9 Å². The number of hydrogen-bond donors (Lipinski definition) is 3. The number of non-ortho nitro benzene ring substituents is 1. The molecular formula is C24H35N5O8S. The number of thioether (sulfide) groups is 1. The van der Waals surface area contributed by atoms with Crippen LogP contribution in [0.3, 0.4) is 0 Å². The number of amides is 2. The molecule has 5 atom stereocenters. The molecule has 5 unspecified atom stereocenters. The van der Waals surface area contributed by atoms with Gasteiger partial charge in [0.05, 0.1) is 28.9 Å². The van der Waals surface area contributed by atoms with E-state index in [2.05, 4.69) is 10.7 Å². The Kier molecular flexibility index (Phi) is 10.7. The Morgan fingerprint density at radius 2 is 2.00 bits per heavy atom. The van der Waals surface area contributed by atoms with E-state index in [-0.39, 0.29) is 42.8 Å². The molecule has 2 amide bonds. The second-order valence-corrected chi connectivity index (χ2v) is 10.8. The highest BCUT2D eigenvalue weighted by Gasteiger charge is 2.36. The minimum absolute atomic E-state index is 0.0515. The number of hydrogen-bond acceptors (Lipinski definition) is 11. The Balaban J connectivity index is 1.49. The summed E-state index contributed by atoms with van der Waals surface area (Å²) >= 11 is 1.37. The third-order valence-electron chi connectivity index (χ3n) is 6.47. The predicted molar refractivity (Wildman–Crippen MR) is 139 cm³/mol. The molecule has 0 bridgehead atoms. The first kappa shape index (κ1) is 29.6. The predicted octanol–water partition coefficient (Wildman–Crippen LogP) is 1.04. The first-order chi connectivity index (χ1) is 18.0. The minimum atomic E-state index is -0.693. The van der Waals surface area contributed by atoms with Crippen LogP contribution < -0.4 is 10.7 Å². The fraction of sp³-hybridized carbons (Fsp3) is 0.625. The van der Waals surface area contributed by atoms with Gasteiger partial charge in [-0.3, -0.25) is 25.1 Å². The van der Waals surface area contributed by atoms with Crippen molar-refractivity contribution >= 4 is 35.4 Å². The SMILES string of the molecule is CC(=O)OC(C)C1CNCCN1NC(=O)C(C)SCC1CC(O)CN1C(=O)OCc1ccc([N+](=O)[O-])cc1. The summed E-state index contributed by atoms with van der Waals surface area (Å²) < 4.78 is 10.7. The number of aliphatic hydroxyl groups excluding tert-OH is 1. The molecule has 0 aromatic heterocycles. The Bertz CT molecular complexity index is 997. The van der Waals surface area contributed by atoms with Gasteiger partial charge in [-0.2, -0.15) is 0 Å². The third-order valence-corrected chi connectivity index (χ3v) is 7.77. The van der Waals surface area contributed by atoms with E-state index in [1.807, 2.05) is 0 Å². The lowest BCUT2D eigenvalue weighted by molar-refractivity contribution is -0.384. The van der Waals surface area contributed by atoms with Crippen molar-refractivity contribution in [3.8, 4) is 0 Å². The molecule has 3 rings (SSSR count). The lowest BCUT2D eigenvalue weighted by Crippen LogP contribution is -2.62. The average Bonchev–Trinajstić information content (AvgIpc) is 3.26. The molecule has 210 valence electrons. The molecule has 1 aromatic rings. The highest BCUT2D eigenvalue weighted by Crippen LogP contribution is 2.25. The number of carbonyl (C=O) groups is 3. The van der Waals surface area contributed by atoms with E-state index < -0.39 is 28.5 Å². The molecule has 0 spiro atoms. The molecule has 0 aliphatic carbocycles. The summed E-state index contributed by atoms with van der Waals surface area (Å²) in [4.78, 5) is 48.7. The van der Waals surface area contributed by atoms with E-state index >= 15 is 0 Å². The van der Waals surface area contributed by atoms with Crippen molar-refractivity contribution < 1.29 is 33.9 Å². The standard InChI is InChI=1S/C24H35N5O8S/c1-15(37-17(3)30)22-11-25-8-9-28(22)26-23(32)16(2)38-14-20-10-21(31)12-27(20)24(33)36-13-18-4-6-19(7-5-18)29(34)35/h4-7,15-16,20-22,25,31H,8-14H2,1-3H3,(H,26,32). The first-order valence-corrected chi connectivity index (χ1v) is 13.5. The number of nitrogens with zero attached hydrogens (tertiary/aromatic N) is 3. The van der Waals surface area contributed by atoms with Crippen LogP contribution in [0.4, 0.5) is 10.5 Å². The highest BCUT2D eigenvalue weighted by molar-refractivity contribution is 8.00. The van der Waals surface area contributed by atoms with E-state index in [0.717, 1.165) is 0 Å². The quantitative estimate of drug-likeness (QED) is 0.215. The number of esters is 1. The molecule has 38 heavy (non-hydrogen) atoms. The number of benzene rings is 1. The summed E-state index contributed by atoms with van der Waals surface area (Å²) in [6.07, 6.45) is -1.32. The number of likely N-dealkylation sites (tertiary alicyclic amines) is 1. The van der Waals surface area contributed by atoms with Crippen molar-refractivity contribution in [1.29, 1.82) is 0 Å². The van der Waals surface area contributed by atoms with Gasteiger partial charge in [-0.1, -0.05) is 0 Å². The topological polar surface area (TPSA) is 164 Å². The van der Waals surface area contributed by atoms with Gasteiger partial charge >= 0.3 is 12.1 Å². The molecule has 2 aliphatic rings. The monoisotopic (exact) mass is 553 g/mol. The number of nitro benzene ring substituents is 1. The molecule has 2 saturated heterocycles. The first-order valence-electron chi connectivity index (χ1n) is 12.5.